The highest BCUT2D eigenvalue weighted by atomic mass is 32.1. The third-order valence-electron chi connectivity index (χ3n) is 3.30. The van der Waals surface area contributed by atoms with Gasteiger partial charge in [0.15, 0.2) is 5.78 Å². The fraction of sp³-hybridized carbons (Fsp3) is 0.692. The van der Waals surface area contributed by atoms with Crippen LogP contribution in [0.4, 0.5) is 0 Å². The quantitative estimate of drug-likeness (QED) is 0.667. The largest absolute Gasteiger partial charge is 0.481 e. The molecule has 0 aromatic carbocycles. The van der Waals surface area contributed by atoms with Crippen LogP contribution >= 0.6 is 12.6 Å². The van der Waals surface area contributed by atoms with Gasteiger partial charge in [-0.3, -0.25) is 9.59 Å². The Hall–Kier alpha value is -0.810. The van der Waals surface area contributed by atoms with E-state index in [1.165, 1.54) is 0 Å². The first-order valence-corrected chi connectivity index (χ1v) is 6.63. The molecular weight excluding hydrogens is 252 g/mol. The van der Waals surface area contributed by atoms with Crippen LogP contribution in [-0.2, 0) is 9.59 Å². The second-order valence-corrected chi connectivity index (χ2v) is 5.97. The van der Waals surface area contributed by atoms with Gasteiger partial charge in [0, 0.05) is 18.1 Å². The summed E-state index contributed by atoms with van der Waals surface area (Å²) in [6.07, 6.45) is 2.68. The maximum absolute atomic E-state index is 11.9. The Morgan fingerprint density at radius 3 is 2.72 bits per heavy atom. The molecule has 0 saturated heterocycles. The summed E-state index contributed by atoms with van der Waals surface area (Å²) in [7, 11) is 0. The van der Waals surface area contributed by atoms with Crippen molar-refractivity contribution < 1.29 is 19.8 Å². The van der Waals surface area contributed by atoms with Crippen molar-refractivity contribution in [2.75, 3.05) is 0 Å². The van der Waals surface area contributed by atoms with Crippen molar-refractivity contribution in [1.82, 2.24) is 0 Å². The van der Waals surface area contributed by atoms with E-state index in [2.05, 4.69) is 12.6 Å². The summed E-state index contributed by atoms with van der Waals surface area (Å²) in [6.45, 7) is 3.50. The van der Waals surface area contributed by atoms with E-state index in [1.807, 2.05) is 6.92 Å². The molecule has 0 bridgehead atoms. The summed E-state index contributed by atoms with van der Waals surface area (Å²) in [4.78, 5) is 22.6. The zero-order valence-corrected chi connectivity index (χ0v) is 11.6. The van der Waals surface area contributed by atoms with E-state index >= 15 is 0 Å². The Morgan fingerprint density at radius 2 is 2.22 bits per heavy atom. The molecule has 0 aliphatic heterocycles. The van der Waals surface area contributed by atoms with Gasteiger partial charge in [0.1, 0.15) is 0 Å². The molecule has 3 atom stereocenters. The van der Waals surface area contributed by atoms with Crippen LogP contribution in [0.5, 0.6) is 0 Å². The molecule has 1 aliphatic carbocycles. The predicted molar refractivity (Wildman–Crippen MR) is 71.8 cm³/mol. The van der Waals surface area contributed by atoms with Crippen LogP contribution in [0.25, 0.3) is 0 Å². The topological polar surface area (TPSA) is 74.6 Å². The number of carbonyl (C=O) groups is 2. The number of aliphatic hydroxyl groups is 1. The Balaban J connectivity index is 2.93. The lowest BCUT2D eigenvalue weighted by Gasteiger charge is -2.30. The first-order chi connectivity index (χ1) is 8.23. The molecule has 1 aliphatic rings. The molecule has 0 spiro atoms. The molecule has 0 radical (unpaired) electrons. The summed E-state index contributed by atoms with van der Waals surface area (Å²) >= 11 is 4.34. The normalized spacial score (nSPS) is 27.6. The van der Waals surface area contributed by atoms with Gasteiger partial charge in [-0.2, -0.15) is 12.6 Å². The van der Waals surface area contributed by atoms with Crippen molar-refractivity contribution in [3.8, 4) is 0 Å². The smallest absolute Gasteiger partial charge is 0.303 e. The lowest BCUT2D eigenvalue weighted by Crippen LogP contribution is -2.33. The number of ketones is 1. The molecule has 0 aromatic rings. The van der Waals surface area contributed by atoms with Crippen LogP contribution in [0.15, 0.2) is 11.6 Å². The zero-order valence-electron chi connectivity index (χ0n) is 10.7. The molecule has 4 nitrogen and oxygen atoms in total. The number of rotatable bonds is 5. The maximum Gasteiger partial charge on any atom is 0.303 e. The number of allylic oxidation sites excluding steroid dienone is 1. The molecule has 0 fully saturated rings. The van der Waals surface area contributed by atoms with Crippen molar-refractivity contribution in [3.63, 3.8) is 0 Å². The van der Waals surface area contributed by atoms with E-state index in [4.69, 9.17) is 5.11 Å². The van der Waals surface area contributed by atoms with Crippen LogP contribution in [0.3, 0.4) is 0 Å². The van der Waals surface area contributed by atoms with E-state index in [9.17, 15) is 14.7 Å². The summed E-state index contributed by atoms with van der Waals surface area (Å²) < 4.78 is 0. The van der Waals surface area contributed by atoms with E-state index in [-0.39, 0.29) is 23.4 Å². The minimum absolute atomic E-state index is 0.00202. The Kier molecular flexibility index (Phi) is 4.99. The lowest BCUT2D eigenvalue weighted by atomic mass is 9.79. The number of thiol groups is 1. The summed E-state index contributed by atoms with van der Waals surface area (Å²) in [5, 5.41) is 18.6. The molecule has 0 heterocycles. The minimum atomic E-state index is -0.979. The number of carbonyl (C=O) groups excluding carboxylic acids is 1. The molecule has 0 saturated carbocycles. The Morgan fingerprint density at radius 1 is 1.61 bits per heavy atom. The third kappa shape index (κ3) is 4.14. The van der Waals surface area contributed by atoms with Gasteiger partial charge in [-0.15, -0.1) is 0 Å². The van der Waals surface area contributed by atoms with Crippen LogP contribution < -0.4 is 0 Å². The van der Waals surface area contributed by atoms with Gasteiger partial charge >= 0.3 is 5.97 Å². The molecule has 2 N–H and O–H groups in total. The average Bonchev–Trinajstić information content (AvgIpc) is 2.22. The van der Waals surface area contributed by atoms with Crippen molar-refractivity contribution >= 4 is 24.4 Å². The molecule has 0 aromatic heterocycles. The molecule has 102 valence electrons. The van der Waals surface area contributed by atoms with Gasteiger partial charge in [0.2, 0.25) is 0 Å². The highest BCUT2D eigenvalue weighted by Crippen LogP contribution is 2.33. The van der Waals surface area contributed by atoms with Crippen molar-refractivity contribution in [3.05, 3.63) is 11.6 Å². The number of carboxylic acid groups (broad SMARTS) is 1. The van der Waals surface area contributed by atoms with Crippen LogP contribution in [0, 0.1) is 5.92 Å². The van der Waals surface area contributed by atoms with Crippen molar-refractivity contribution in [2.45, 2.75) is 50.4 Å². The molecule has 0 amide bonds. The van der Waals surface area contributed by atoms with Crippen molar-refractivity contribution in [2.24, 2.45) is 5.92 Å². The lowest BCUT2D eigenvalue weighted by molar-refractivity contribution is -0.137. The molecule has 18 heavy (non-hydrogen) atoms. The first-order valence-electron chi connectivity index (χ1n) is 6.11. The molecule has 1 rings (SSSR count). The first kappa shape index (κ1) is 15.2. The SMILES string of the molecule is CC(S)[C@@H](CCC(=O)O)C1=CC(C)(O)CCC1=O. The van der Waals surface area contributed by atoms with Gasteiger partial charge in [0.05, 0.1) is 5.60 Å². The number of Topliss-reactive ketones (excluding diaryl/α,β-unsaturated/α-hetero) is 1. The Bertz CT molecular complexity index is 371. The fourth-order valence-corrected chi connectivity index (χ4v) is 2.56. The second-order valence-electron chi connectivity index (χ2n) is 5.16. The summed E-state index contributed by atoms with van der Waals surface area (Å²) in [5.74, 6) is -1.11. The zero-order chi connectivity index (χ0) is 13.9. The van der Waals surface area contributed by atoms with Gasteiger partial charge in [0.25, 0.3) is 0 Å². The monoisotopic (exact) mass is 272 g/mol. The molecular formula is C13H20O4S. The standard InChI is InChI=1S/C13H20O4S/c1-8(18)9(3-4-12(15)16)10-7-13(2,17)6-5-11(10)14/h7-9,17-18H,3-6H2,1-2H3,(H,15,16)/t8?,9-,13?/m1/s1. The molecule has 2 unspecified atom stereocenters. The van der Waals surface area contributed by atoms with Crippen LogP contribution in [0.1, 0.15) is 39.5 Å². The number of aliphatic carboxylic acids is 1. The summed E-state index contributed by atoms with van der Waals surface area (Å²) in [6, 6.07) is 0. The van der Waals surface area contributed by atoms with E-state index in [1.54, 1.807) is 13.0 Å². The van der Waals surface area contributed by atoms with Gasteiger partial charge in [-0.1, -0.05) is 6.92 Å². The highest BCUT2D eigenvalue weighted by molar-refractivity contribution is 7.80. The van der Waals surface area contributed by atoms with Crippen molar-refractivity contribution in [1.29, 1.82) is 0 Å². The summed E-state index contributed by atoms with van der Waals surface area (Å²) in [5.41, 5.74) is -0.442. The van der Waals surface area contributed by atoms with E-state index in [0.29, 0.717) is 24.8 Å². The van der Waals surface area contributed by atoms with Crippen LogP contribution in [-0.4, -0.2) is 32.8 Å². The van der Waals surface area contributed by atoms with Crippen LogP contribution in [0.2, 0.25) is 0 Å². The third-order valence-corrected chi connectivity index (χ3v) is 3.66. The van der Waals surface area contributed by atoms with E-state index in [0.717, 1.165) is 0 Å². The fourth-order valence-electron chi connectivity index (χ4n) is 2.25. The highest BCUT2D eigenvalue weighted by Gasteiger charge is 2.33. The Labute approximate surface area is 112 Å². The average molecular weight is 272 g/mol. The number of hydrogen-bond donors (Lipinski definition) is 3. The minimum Gasteiger partial charge on any atom is -0.481 e. The van der Waals surface area contributed by atoms with E-state index < -0.39 is 11.6 Å². The number of carboxylic acids is 1. The maximum atomic E-state index is 11.9. The second kappa shape index (κ2) is 5.89. The van der Waals surface area contributed by atoms with Gasteiger partial charge in [-0.25, -0.2) is 0 Å². The van der Waals surface area contributed by atoms with Gasteiger partial charge in [-0.05, 0) is 37.3 Å². The van der Waals surface area contributed by atoms with Gasteiger partial charge < -0.3 is 10.2 Å². The number of hydrogen-bond acceptors (Lipinski definition) is 4. The molecule has 5 heteroatoms. The predicted octanol–water partition coefficient (Wildman–Crippen LogP) is 1.83.